The number of nitrogens with zero attached hydrogens (tertiary/aromatic N) is 2. The standard InChI is InChI=1S/C19H28ClN3O/c20-17-8-3-4-9-18(17)23-14-12-22(13-15-23)11-5-10-21-19(24)16-6-1-2-7-16/h3-4,8-9,16H,1-2,5-7,10-15H2,(H,21,24). The first-order valence-electron chi connectivity index (χ1n) is 9.23. The van der Waals surface area contributed by atoms with Gasteiger partial charge in [-0.05, 0) is 37.9 Å². The molecule has 1 aromatic carbocycles. The predicted octanol–water partition coefficient (Wildman–Crippen LogP) is 3.16. The van der Waals surface area contributed by atoms with Gasteiger partial charge < -0.3 is 10.2 Å². The van der Waals surface area contributed by atoms with Crippen molar-refractivity contribution >= 4 is 23.2 Å². The molecule has 0 atom stereocenters. The lowest BCUT2D eigenvalue weighted by molar-refractivity contribution is -0.124. The molecule has 1 aliphatic heterocycles. The number of halogens is 1. The Morgan fingerprint density at radius 2 is 1.83 bits per heavy atom. The highest BCUT2D eigenvalue weighted by molar-refractivity contribution is 6.33. The van der Waals surface area contributed by atoms with E-state index in [4.69, 9.17) is 11.6 Å². The van der Waals surface area contributed by atoms with Crippen LogP contribution in [0.1, 0.15) is 32.1 Å². The number of amides is 1. The molecule has 24 heavy (non-hydrogen) atoms. The summed E-state index contributed by atoms with van der Waals surface area (Å²) in [5, 5.41) is 3.95. The summed E-state index contributed by atoms with van der Waals surface area (Å²) in [4.78, 5) is 16.8. The summed E-state index contributed by atoms with van der Waals surface area (Å²) in [5.74, 6) is 0.556. The third-order valence-electron chi connectivity index (χ3n) is 5.24. The fourth-order valence-electron chi connectivity index (χ4n) is 3.77. The molecule has 0 aromatic heterocycles. The Bertz CT molecular complexity index is 537. The molecule has 1 saturated heterocycles. The van der Waals surface area contributed by atoms with E-state index in [0.29, 0.717) is 0 Å². The van der Waals surface area contributed by atoms with Crippen LogP contribution >= 0.6 is 11.6 Å². The first-order chi connectivity index (χ1) is 11.7. The quantitative estimate of drug-likeness (QED) is 0.801. The van der Waals surface area contributed by atoms with Gasteiger partial charge in [0.15, 0.2) is 0 Å². The van der Waals surface area contributed by atoms with Gasteiger partial charge in [0.2, 0.25) is 5.91 Å². The van der Waals surface area contributed by atoms with E-state index in [1.807, 2.05) is 18.2 Å². The molecule has 2 aliphatic rings. The Balaban J connectivity index is 1.32. The monoisotopic (exact) mass is 349 g/mol. The Morgan fingerprint density at radius 1 is 1.12 bits per heavy atom. The van der Waals surface area contributed by atoms with Crippen LogP contribution in [-0.2, 0) is 4.79 Å². The van der Waals surface area contributed by atoms with Crippen LogP contribution in [0.5, 0.6) is 0 Å². The maximum absolute atomic E-state index is 12.0. The van der Waals surface area contributed by atoms with Gasteiger partial charge in [0, 0.05) is 38.6 Å². The molecule has 1 amide bonds. The van der Waals surface area contributed by atoms with E-state index in [0.717, 1.165) is 69.2 Å². The van der Waals surface area contributed by atoms with E-state index in [2.05, 4.69) is 21.2 Å². The molecule has 3 rings (SSSR count). The van der Waals surface area contributed by atoms with Crippen LogP contribution in [0.3, 0.4) is 0 Å². The topological polar surface area (TPSA) is 35.6 Å². The van der Waals surface area contributed by atoms with Gasteiger partial charge in [-0.25, -0.2) is 0 Å². The highest BCUT2D eigenvalue weighted by Gasteiger charge is 2.22. The van der Waals surface area contributed by atoms with Crippen molar-refractivity contribution < 1.29 is 4.79 Å². The summed E-state index contributed by atoms with van der Waals surface area (Å²) in [7, 11) is 0. The molecule has 132 valence electrons. The van der Waals surface area contributed by atoms with Gasteiger partial charge in [-0.3, -0.25) is 9.69 Å². The van der Waals surface area contributed by atoms with Gasteiger partial charge in [-0.2, -0.15) is 0 Å². The van der Waals surface area contributed by atoms with Gasteiger partial charge in [0.25, 0.3) is 0 Å². The maximum Gasteiger partial charge on any atom is 0.223 e. The van der Waals surface area contributed by atoms with Crippen molar-refractivity contribution in [3.8, 4) is 0 Å². The summed E-state index contributed by atoms with van der Waals surface area (Å²) in [6, 6.07) is 8.06. The lowest BCUT2D eigenvalue weighted by Gasteiger charge is -2.36. The van der Waals surface area contributed by atoms with Crippen LogP contribution in [0.15, 0.2) is 24.3 Å². The Morgan fingerprint density at radius 3 is 2.54 bits per heavy atom. The van der Waals surface area contributed by atoms with Crippen molar-refractivity contribution in [2.45, 2.75) is 32.1 Å². The van der Waals surface area contributed by atoms with Crippen molar-refractivity contribution in [3.05, 3.63) is 29.3 Å². The predicted molar refractivity (Wildman–Crippen MR) is 99.7 cm³/mol. The number of carbonyl (C=O) groups excluding carboxylic acids is 1. The fourth-order valence-corrected chi connectivity index (χ4v) is 4.02. The largest absolute Gasteiger partial charge is 0.368 e. The zero-order chi connectivity index (χ0) is 16.8. The zero-order valence-corrected chi connectivity index (χ0v) is 15.1. The number of nitrogens with one attached hydrogen (secondary N) is 1. The van der Waals surface area contributed by atoms with E-state index < -0.39 is 0 Å². The second kappa shape index (κ2) is 8.72. The maximum atomic E-state index is 12.0. The summed E-state index contributed by atoms with van der Waals surface area (Å²) < 4.78 is 0. The molecule has 1 N–H and O–H groups in total. The third kappa shape index (κ3) is 4.64. The van der Waals surface area contributed by atoms with Crippen molar-refractivity contribution in [1.82, 2.24) is 10.2 Å². The van der Waals surface area contributed by atoms with Gasteiger partial charge in [-0.15, -0.1) is 0 Å². The molecule has 0 bridgehead atoms. The van der Waals surface area contributed by atoms with Gasteiger partial charge in [0.05, 0.1) is 10.7 Å². The number of rotatable bonds is 6. The minimum atomic E-state index is 0.274. The van der Waals surface area contributed by atoms with Crippen molar-refractivity contribution in [2.75, 3.05) is 44.2 Å². The van der Waals surface area contributed by atoms with Crippen LogP contribution in [0.4, 0.5) is 5.69 Å². The molecule has 1 heterocycles. The van der Waals surface area contributed by atoms with E-state index in [9.17, 15) is 4.79 Å². The van der Waals surface area contributed by atoms with Crippen LogP contribution < -0.4 is 10.2 Å². The average molecular weight is 350 g/mol. The minimum Gasteiger partial charge on any atom is -0.368 e. The smallest absolute Gasteiger partial charge is 0.223 e. The number of hydrogen-bond acceptors (Lipinski definition) is 3. The first-order valence-corrected chi connectivity index (χ1v) is 9.61. The molecule has 1 aliphatic carbocycles. The van der Waals surface area contributed by atoms with Gasteiger partial charge in [-0.1, -0.05) is 36.6 Å². The molecule has 5 heteroatoms. The fraction of sp³-hybridized carbons (Fsp3) is 0.632. The summed E-state index contributed by atoms with van der Waals surface area (Å²) in [6.07, 6.45) is 5.62. The Kier molecular flexibility index (Phi) is 6.38. The average Bonchev–Trinajstić information content (AvgIpc) is 3.14. The number of anilines is 1. The lowest BCUT2D eigenvalue weighted by atomic mass is 10.1. The number of carbonyl (C=O) groups is 1. The minimum absolute atomic E-state index is 0.274. The molecular weight excluding hydrogens is 322 g/mol. The van der Waals surface area contributed by atoms with Crippen LogP contribution in [-0.4, -0.2) is 50.1 Å². The number of benzene rings is 1. The molecular formula is C19H28ClN3O. The summed E-state index contributed by atoms with van der Waals surface area (Å²) in [5.41, 5.74) is 1.14. The normalized spacial score (nSPS) is 19.6. The van der Waals surface area contributed by atoms with Crippen molar-refractivity contribution in [1.29, 1.82) is 0 Å². The molecule has 1 aromatic rings. The van der Waals surface area contributed by atoms with Crippen molar-refractivity contribution in [2.24, 2.45) is 5.92 Å². The SMILES string of the molecule is O=C(NCCCN1CCN(c2ccccc2Cl)CC1)C1CCCC1. The Labute approximate surface area is 150 Å². The highest BCUT2D eigenvalue weighted by atomic mass is 35.5. The van der Waals surface area contributed by atoms with Crippen LogP contribution in [0.2, 0.25) is 5.02 Å². The van der Waals surface area contributed by atoms with E-state index >= 15 is 0 Å². The molecule has 0 radical (unpaired) electrons. The van der Waals surface area contributed by atoms with Crippen molar-refractivity contribution in [3.63, 3.8) is 0 Å². The second-order valence-corrected chi connectivity index (χ2v) is 7.31. The van der Waals surface area contributed by atoms with Crippen LogP contribution in [0.25, 0.3) is 0 Å². The van der Waals surface area contributed by atoms with E-state index in [1.165, 1.54) is 12.8 Å². The van der Waals surface area contributed by atoms with E-state index in [1.54, 1.807) is 0 Å². The third-order valence-corrected chi connectivity index (χ3v) is 5.56. The van der Waals surface area contributed by atoms with Gasteiger partial charge in [0.1, 0.15) is 0 Å². The van der Waals surface area contributed by atoms with Gasteiger partial charge >= 0.3 is 0 Å². The highest BCUT2D eigenvalue weighted by Crippen LogP contribution is 2.26. The summed E-state index contributed by atoms with van der Waals surface area (Å²) >= 11 is 6.28. The molecule has 0 unspecified atom stereocenters. The molecule has 1 saturated carbocycles. The second-order valence-electron chi connectivity index (χ2n) is 6.91. The number of para-hydroxylation sites is 1. The Hall–Kier alpha value is -1.26. The number of hydrogen-bond donors (Lipinski definition) is 1. The zero-order valence-electron chi connectivity index (χ0n) is 14.3. The summed E-state index contributed by atoms with van der Waals surface area (Å²) in [6.45, 7) is 6.00. The first kappa shape index (κ1) is 17.6. The lowest BCUT2D eigenvalue weighted by Crippen LogP contribution is -2.47. The van der Waals surface area contributed by atoms with Crippen LogP contribution in [0, 0.1) is 5.92 Å². The number of piperazine rings is 1. The molecule has 0 spiro atoms. The molecule has 4 nitrogen and oxygen atoms in total. The van der Waals surface area contributed by atoms with E-state index in [-0.39, 0.29) is 11.8 Å². The molecule has 2 fully saturated rings.